The molecule has 102 valence electrons. The number of rotatable bonds is 3. The summed E-state index contributed by atoms with van der Waals surface area (Å²) in [6.07, 6.45) is 2.07. The second-order valence-electron chi connectivity index (χ2n) is 4.52. The highest BCUT2D eigenvalue weighted by molar-refractivity contribution is 8.13. The summed E-state index contributed by atoms with van der Waals surface area (Å²) < 4.78 is 5.56. The smallest absolute Gasteiger partial charge is 0.259 e. The van der Waals surface area contributed by atoms with Gasteiger partial charge in [-0.15, -0.1) is 0 Å². The number of carbonyl (C=O) groups excluding carboxylic acids is 1. The molecule has 0 unspecified atom stereocenters. The van der Waals surface area contributed by atoms with E-state index in [9.17, 15) is 4.79 Å². The first kappa shape index (κ1) is 13.9. The van der Waals surface area contributed by atoms with Gasteiger partial charge in [0.05, 0.1) is 12.6 Å². The molecule has 0 aliphatic carbocycles. The number of ether oxygens (including phenoxy) is 1. The van der Waals surface area contributed by atoms with E-state index in [0.29, 0.717) is 18.7 Å². The Morgan fingerprint density at radius 1 is 1.37 bits per heavy atom. The van der Waals surface area contributed by atoms with E-state index in [1.165, 1.54) is 11.8 Å². The number of amidine groups is 1. The largest absolute Gasteiger partial charge is 0.491 e. The highest BCUT2D eigenvalue weighted by Crippen LogP contribution is 2.18. The molecule has 1 heterocycles. The molecule has 5 heteroatoms. The second kappa shape index (κ2) is 6.10. The van der Waals surface area contributed by atoms with Crippen molar-refractivity contribution in [3.8, 4) is 5.75 Å². The zero-order valence-corrected chi connectivity index (χ0v) is 12.2. The van der Waals surface area contributed by atoms with Crippen molar-refractivity contribution < 1.29 is 9.53 Å². The molecule has 0 atom stereocenters. The Hall–Kier alpha value is -1.49. The van der Waals surface area contributed by atoms with Crippen molar-refractivity contribution in [2.45, 2.75) is 20.0 Å². The summed E-state index contributed by atoms with van der Waals surface area (Å²) in [6, 6.07) is 7.27. The van der Waals surface area contributed by atoms with Crippen LogP contribution in [0.5, 0.6) is 5.75 Å². The van der Waals surface area contributed by atoms with Gasteiger partial charge >= 0.3 is 0 Å². The number of amides is 1. The van der Waals surface area contributed by atoms with Gasteiger partial charge in [0.2, 0.25) is 0 Å². The second-order valence-corrected chi connectivity index (χ2v) is 5.29. The molecule has 0 spiro atoms. The molecule has 0 saturated carbocycles. The molecular formula is C14H18N2O2S. The zero-order valence-electron chi connectivity index (χ0n) is 11.4. The normalized spacial score (nSPS) is 14.7. The average Bonchev–Trinajstić information content (AvgIpc) is 2.86. The Kier molecular flexibility index (Phi) is 4.47. The minimum atomic E-state index is 0.00157. The maximum Gasteiger partial charge on any atom is 0.259 e. The van der Waals surface area contributed by atoms with Crippen molar-refractivity contribution in [2.24, 2.45) is 4.99 Å². The first-order chi connectivity index (χ1) is 9.11. The molecule has 2 rings (SSSR count). The lowest BCUT2D eigenvalue weighted by Gasteiger charge is -2.17. The molecule has 0 saturated heterocycles. The molecule has 0 N–H and O–H groups in total. The van der Waals surface area contributed by atoms with Gasteiger partial charge < -0.3 is 4.74 Å². The number of benzene rings is 1. The van der Waals surface area contributed by atoms with Gasteiger partial charge in [-0.05, 0) is 44.4 Å². The summed E-state index contributed by atoms with van der Waals surface area (Å²) in [7, 11) is 0. The van der Waals surface area contributed by atoms with Gasteiger partial charge in [0, 0.05) is 12.1 Å². The van der Waals surface area contributed by atoms with E-state index in [0.717, 1.165) is 10.9 Å². The van der Waals surface area contributed by atoms with Crippen LogP contribution in [0.2, 0.25) is 0 Å². The van der Waals surface area contributed by atoms with Gasteiger partial charge in [-0.1, -0.05) is 11.8 Å². The molecule has 19 heavy (non-hydrogen) atoms. The Morgan fingerprint density at radius 2 is 2.05 bits per heavy atom. The highest BCUT2D eigenvalue weighted by Gasteiger charge is 2.23. The van der Waals surface area contributed by atoms with Crippen LogP contribution in [0.1, 0.15) is 24.2 Å². The zero-order chi connectivity index (χ0) is 13.8. The third kappa shape index (κ3) is 3.29. The fourth-order valence-corrected chi connectivity index (χ4v) is 2.51. The number of hydrogen-bond acceptors (Lipinski definition) is 4. The lowest BCUT2D eigenvalue weighted by atomic mass is 10.2. The Balaban J connectivity index is 2.10. The predicted molar refractivity (Wildman–Crippen MR) is 79.1 cm³/mol. The van der Waals surface area contributed by atoms with Gasteiger partial charge in [-0.25, -0.2) is 0 Å². The van der Waals surface area contributed by atoms with Crippen LogP contribution in [-0.2, 0) is 0 Å². The quantitative estimate of drug-likeness (QED) is 0.853. The van der Waals surface area contributed by atoms with Gasteiger partial charge in [-0.3, -0.25) is 14.7 Å². The van der Waals surface area contributed by atoms with Crippen molar-refractivity contribution in [3.05, 3.63) is 29.8 Å². The monoisotopic (exact) mass is 278 g/mol. The van der Waals surface area contributed by atoms with Crippen LogP contribution in [0, 0.1) is 0 Å². The molecule has 0 radical (unpaired) electrons. The fourth-order valence-electron chi connectivity index (χ4n) is 1.89. The van der Waals surface area contributed by atoms with Crippen molar-refractivity contribution in [1.82, 2.24) is 4.90 Å². The number of nitrogens with zero attached hydrogens (tertiary/aromatic N) is 2. The van der Waals surface area contributed by atoms with Crippen LogP contribution in [0.4, 0.5) is 0 Å². The summed E-state index contributed by atoms with van der Waals surface area (Å²) in [5.74, 6) is 0.786. The van der Waals surface area contributed by atoms with Crippen LogP contribution in [-0.4, -0.2) is 41.4 Å². The molecule has 1 amide bonds. The molecule has 0 fully saturated rings. The summed E-state index contributed by atoms with van der Waals surface area (Å²) in [4.78, 5) is 18.4. The highest BCUT2D eigenvalue weighted by atomic mass is 32.2. The van der Waals surface area contributed by atoms with Gasteiger partial charge in [0.15, 0.2) is 5.17 Å². The first-order valence-corrected chi connectivity index (χ1v) is 7.51. The van der Waals surface area contributed by atoms with E-state index >= 15 is 0 Å². The molecule has 1 aliphatic heterocycles. The lowest BCUT2D eigenvalue weighted by molar-refractivity contribution is 0.0860. The van der Waals surface area contributed by atoms with Crippen LogP contribution in [0.25, 0.3) is 0 Å². The average molecular weight is 278 g/mol. The maximum atomic E-state index is 12.3. The van der Waals surface area contributed by atoms with Crippen molar-refractivity contribution >= 4 is 22.8 Å². The number of hydrogen-bond donors (Lipinski definition) is 0. The SMILES string of the molecule is CSC1=NCCN1C(=O)c1ccc(OC(C)C)cc1. The molecule has 4 nitrogen and oxygen atoms in total. The van der Waals surface area contributed by atoms with E-state index in [-0.39, 0.29) is 12.0 Å². The molecule has 0 bridgehead atoms. The number of carbonyl (C=O) groups is 1. The summed E-state index contributed by atoms with van der Waals surface area (Å²) in [6.45, 7) is 5.31. The summed E-state index contributed by atoms with van der Waals surface area (Å²) in [5.41, 5.74) is 0.666. The Bertz CT molecular complexity index is 483. The van der Waals surface area contributed by atoms with E-state index in [2.05, 4.69) is 4.99 Å². The van der Waals surface area contributed by atoms with E-state index < -0.39 is 0 Å². The van der Waals surface area contributed by atoms with Crippen LogP contribution >= 0.6 is 11.8 Å². The summed E-state index contributed by atoms with van der Waals surface area (Å²) in [5, 5.41) is 0.799. The van der Waals surface area contributed by atoms with Gasteiger partial charge in [0.25, 0.3) is 5.91 Å². The first-order valence-electron chi connectivity index (χ1n) is 6.29. The van der Waals surface area contributed by atoms with Crippen molar-refractivity contribution in [1.29, 1.82) is 0 Å². The molecule has 1 aromatic rings. The maximum absolute atomic E-state index is 12.3. The molecular weight excluding hydrogens is 260 g/mol. The molecule has 0 aromatic heterocycles. The standard InChI is InChI=1S/C14H18N2O2S/c1-10(2)18-12-6-4-11(5-7-12)13(17)16-9-8-15-14(16)19-3/h4-7,10H,8-9H2,1-3H3. The van der Waals surface area contributed by atoms with E-state index in [4.69, 9.17) is 4.74 Å². The van der Waals surface area contributed by atoms with Crippen molar-refractivity contribution in [2.75, 3.05) is 19.3 Å². The Morgan fingerprint density at radius 3 is 2.63 bits per heavy atom. The minimum Gasteiger partial charge on any atom is -0.491 e. The van der Waals surface area contributed by atoms with Gasteiger partial charge in [-0.2, -0.15) is 0 Å². The van der Waals surface area contributed by atoms with E-state index in [1.54, 1.807) is 17.0 Å². The van der Waals surface area contributed by atoms with E-state index in [1.807, 2.05) is 32.2 Å². The molecule has 1 aliphatic rings. The fraction of sp³-hybridized carbons (Fsp3) is 0.429. The third-order valence-electron chi connectivity index (χ3n) is 2.70. The topological polar surface area (TPSA) is 41.9 Å². The van der Waals surface area contributed by atoms with Crippen LogP contribution in [0.15, 0.2) is 29.3 Å². The van der Waals surface area contributed by atoms with Crippen molar-refractivity contribution in [3.63, 3.8) is 0 Å². The third-order valence-corrected chi connectivity index (χ3v) is 3.42. The predicted octanol–water partition coefficient (Wildman–Crippen LogP) is 2.65. The van der Waals surface area contributed by atoms with Crippen LogP contribution < -0.4 is 4.74 Å². The molecule has 1 aromatic carbocycles. The number of aliphatic imine (C=N–C) groups is 1. The number of thioether (sulfide) groups is 1. The summed E-state index contributed by atoms with van der Waals surface area (Å²) >= 11 is 1.51. The minimum absolute atomic E-state index is 0.00157. The van der Waals surface area contributed by atoms with Crippen LogP contribution in [0.3, 0.4) is 0 Å². The lowest BCUT2D eigenvalue weighted by Crippen LogP contribution is -2.32. The Labute approximate surface area is 117 Å². The van der Waals surface area contributed by atoms with Gasteiger partial charge in [0.1, 0.15) is 5.75 Å².